The predicted molar refractivity (Wildman–Crippen MR) is 82.9 cm³/mol. The highest BCUT2D eigenvalue weighted by molar-refractivity contribution is 6.31. The molecule has 0 aliphatic carbocycles. The molecule has 0 N–H and O–H groups in total. The first-order valence-corrected chi connectivity index (χ1v) is 7.90. The van der Waals surface area contributed by atoms with Crippen LogP contribution in [-0.4, -0.2) is 61.1 Å². The van der Waals surface area contributed by atoms with E-state index in [1.165, 1.54) is 0 Å². The van der Waals surface area contributed by atoms with Crippen LogP contribution >= 0.6 is 11.6 Å². The molecule has 114 valence electrons. The van der Waals surface area contributed by atoms with Gasteiger partial charge in [0, 0.05) is 42.8 Å². The van der Waals surface area contributed by atoms with Gasteiger partial charge in [-0.2, -0.15) is 0 Å². The number of benzene rings is 1. The van der Waals surface area contributed by atoms with E-state index >= 15 is 0 Å². The van der Waals surface area contributed by atoms with Gasteiger partial charge in [-0.3, -0.25) is 9.69 Å². The Kier molecular flexibility index (Phi) is 4.48. The fraction of sp³-hybridized carbons (Fsp3) is 0.562. The Morgan fingerprint density at radius 1 is 1.29 bits per heavy atom. The third-order valence-electron chi connectivity index (χ3n) is 4.42. The summed E-state index contributed by atoms with van der Waals surface area (Å²) in [6, 6.07) is 5.98. The van der Waals surface area contributed by atoms with Crippen LogP contribution in [0.15, 0.2) is 18.2 Å². The molecule has 1 atom stereocenters. The summed E-state index contributed by atoms with van der Waals surface area (Å²) in [6.45, 7) is 7.16. The molecule has 1 amide bonds. The second kappa shape index (κ2) is 6.34. The van der Waals surface area contributed by atoms with Gasteiger partial charge in [0.15, 0.2) is 0 Å². The van der Waals surface area contributed by atoms with Gasteiger partial charge in [0.1, 0.15) is 0 Å². The van der Waals surface area contributed by atoms with Gasteiger partial charge in [-0.1, -0.05) is 11.6 Å². The van der Waals surface area contributed by atoms with E-state index in [-0.39, 0.29) is 5.91 Å². The van der Waals surface area contributed by atoms with Gasteiger partial charge in [-0.05, 0) is 37.1 Å². The zero-order valence-electron chi connectivity index (χ0n) is 12.3. The van der Waals surface area contributed by atoms with Crippen molar-refractivity contribution in [3.05, 3.63) is 34.3 Å². The normalized spacial score (nSPS) is 23.5. The number of hydrogen-bond acceptors (Lipinski definition) is 3. The van der Waals surface area contributed by atoms with Gasteiger partial charge in [-0.15, -0.1) is 0 Å². The van der Waals surface area contributed by atoms with Gasteiger partial charge in [-0.25, -0.2) is 0 Å². The van der Waals surface area contributed by atoms with Crippen LogP contribution in [0.25, 0.3) is 0 Å². The Labute approximate surface area is 130 Å². The third-order valence-corrected chi connectivity index (χ3v) is 4.84. The second-order valence-electron chi connectivity index (χ2n) is 5.81. The van der Waals surface area contributed by atoms with Crippen LogP contribution in [0.4, 0.5) is 0 Å². The molecule has 2 saturated heterocycles. The van der Waals surface area contributed by atoms with Crippen LogP contribution in [0.2, 0.25) is 5.02 Å². The van der Waals surface area contributed by atoms with E-state index < -0.39 is 0 Å². The fourth-order valence-corrected chi connectivity index (χ4v) is 3.24. The molecule has 3 rings (SSSR count). The van der Waals surface area contributed by atoms with E-state index in [1.54, 1.807) is 6.07 Å². The van der Waals surface area contributed by atoms with E-state index in [9.17, 15) is 4.79 Å². The van der Waals surface area contributed by atoms with Crippen molar-refractivity contribution >= 4 is 17.5 Å². The third kappa shape index (κ3) is 3.23. The molecule has 2 heterocycles. The van der Waals surface area contributed by atoms with Gasteiger partial charge in [0.2, 0.25) is 0 Å². The van der Waals surface area contributed by atoms with Crippen molar-refractivity contribution in [1.82, 2.24) is 9.80 Å². The molecule has 0 bridgehead atoms. The molecule has 0 spiro atoms. The number of amides is 1. The molecule has 21 heavy (non-hydrogen) atoms. The lowest BCUT2D eigenvalue weighted by Gasteiger charge is -2.32. The highest BCUT2D eigenvalue weighted by Gasteiger charge is 2.31. The predicted octanol–water partition coefficient (Wildman–Crippen LogP) is 2.20. The molecular weight excluding hydrogens is 288 g/mol. The summed E-state index contributed by atoms with van der Waals surface area (Å²) in [5.74, 6) is 0.116. The van der Waals surface area contributed by atoms with Crippen LogP contribution in [-0.2, 0) is 4.74 Å². The van der Waals surface area contributed by atoms with Crippen LogP contribution < -0.4 is 0 Å². The summed E-state index contributed by atoms with van der Waals surface area (Å²) < 4.78 is 5.39. The first-order chi connectivity index (χ1) is 10.1. The maximum absolute atomic E-state index is 12.6. The molecule has 4 nitrogen and oxygen atoms in total. The average molecular weight is 309 g/mol. The summed E-state index contributed by atoms with van der Waals surface area (Å²) >= 11 is 6.03. The number of likely N-dealkylation sites (tertiary alicyclic amines) is 1. The molecule has 5 heteroatoms. The SMILES string of the molecule is Cc1cc(C(=O)N2CCC(N3CCOCC3)C2)ccc1Cl. The number of morpholine rings is 1. The molecule has 0 saturated carbocycles. The largest absolute Gasteiger partial charge is 0.379 e. The van der Waals surface area contributed by atoms with Crippen LogP contribution in [0, 0.1) is 6.92 Å². The molecule has 1 aromatic rings. The Bertz CT molecular complexity index is 529. The number of ether oxygens (including phenoxy) is 1. The lowest BCUT2D eigenvalue weighted by atomic mass is 10.1. The lowest BCUT2D eigenvalue weighted by Crippen LogP contribution is -2.45. The molecule has 2 aliphatic rings. The molecule has 0 radical (unpaired) electrons. The molecule has 2 aliphatic heterocycles. The number of carbonyl (C=O) groups is 1. The first-order valence-electron chi connectivity index (χ1n) is 7.52. The van der Waals surface area contributed by atoms with E-state index in [0.717, 1.165) is 56.9 Å². The Balaban J connectivity index is 1.64. The molecule has 1 aromatic carbocycles. The maximum atomic E-state index is 12.6. The van der Waals surface area contributed by atoms with Gasteiger partial charge in [0.05, 0.1) is 13.2 Å². The van der Waals surface area contributed by atoms with E-state index in [1.807, 2.05) is 24.0 Å². The number of halogens is 1. The molecule has 1 unspecified atom stereocenters. The Morgan fingerprint density at radius 3 is 2.76 bits per heavy atom. The highest BCUT2D eigenvalue weighted by atomic mass is 35.5. The van der Waals surface area contributed by atoms with Crippen LogP contribution in [0.3, 0.4) is 0 Å². The highest BCUT2D eigenvalue weighted by Crippen LogP contribution is 2.21. The smallest absolute Gasteiger partial charge is 0.253 e. The van der Waals surface area contributed by atoms with Gasteiger partial charge < -0.3 is 9.64 Å². The molecular formula is C16H21ClN2O2. The van der Waals surface area contributed by atoms with Gasteiger partial charge >= 0.3 is 0 Å². The van der Waals surface area contributed by atoms with E-state index in [4.69, 9.17) is 16.3 Å². The van der Waals surface area contributed by atoms with Crippen molar-refractivity contribution in [3.8, 4) is 0 Å². The summed E-state index contributed by atoms with van der Waals surface area (Å²) in [5.41, 5.74) is 1.69. The standard InChI is InChI=1S/C16H21ClN2O2/c1-12-10-13(2-3-15(12)17)16(20)19-5-4-14(11-19)18-6-8-21-9-7-18/h2-3,10,14H,4-9,11H2,1H3. The number of carbonyl (C=O) groups excluding carboxylic acids is 1. The minimum atomic E-state index is 0.116. The monoisotopic (exact) mass is 308 g/mol. The zero-order chi connectivity index (χ0) is 14.8. The van der Waals surface area contributed by atoms with E-state index in [0.29, 0.717) is 11.1 Å². The summed E-state index contributed by atoms with van der Waals surface area (Å²) in [4.78, 5) is 17.0. The Morgan fingerprint density at radius 2 is 2.05 bits per heavy atom. The maximum Gasteiger partial charge on any atom is 0.253 e. The summed E-state index contributed by atoms with van der Waals surface area (Å²) in [5, 5.41) is 0.708. The molecule has 2 fully saturated rings. The molecule has 0 aromatic heterocycles. The first kappa shape index (κ1) is 14.8. The quantitative estimate of drug-likeness (QED) is 0.839. The van der Waals surface area contributed by atoms with Crippen molar-refractivity contribution in [3.63, 3.8) is 0 Å². The topological polar surface area (TPSA) is 32.8 Å². The second-order valence-corrected chi connectivity index (χ2v) is 6.21. The number of hydrogen-bond donors (Lipinski definition) is 0. The fourth-order valence-electron chi connectivity index (χ4n) is 3.13. The van der Waals surface area contributed by atoms with Crippen molar-refractivity contribution in [2.45, 2.75) is 19.4 Å². The summed E-state index contributed by atoms with van der Waals surface area (Å²) in [7, 11) is 0. The van der Waals surface area contributed by atoms with Gasteiger partial charge in [0.25, 0.3) is 5.91 Å². The Hall–Kier alpha value is -1.10. The number of nitrogens with zero attached hydrogens (tertiary/aromatic N) is 2. The van der Waals surface area contributed by atoms with Crippen molar-refractivity contribution < 1.29 is 9.53 Å². The van der Waals surface area contributed by atoms with E-state index in [2.05, 4.69) is 4.90 Å². The minimum Gasteiger partial charge on any atom is -0.379 e. The average Bonchev–Trinajstić information content (AvgIpc) is 3.00. The summed E-state index contributed by atoms with van der Waals surface area (Å²) in [6.07, 6.45) is 1.05. The van der Waals surface area contributed by atoms with Crippen LogP contribution in [0.1, 0.15) is 22.3 Å². The number of aryl methyl sites for hydroxylation is 1. The zero-order valence-corrected chi connectivity index (χ0v) is 13.1. The number of rotatable bonds is 2. The van der Waals surface area contributed by atoms with Crippen molar-refractivity contribution in [2.75, 3.05) is 39.4 Å². The van der Waals surface area contributed by atoms with Crippen molar-refractivity contribution in [2.24, 2.45) is 0 Å². The van der Waals surface area contributed by atoms with Crippen molar-refractivity contribution in [1.29, 1.82) is 0 Å². The minimum absolute atomic E-state index is 0.116. The lowest BCUT2D eigenvalue weighted by molar-refractivity contribution is 0.0185. The van der Waals surface area contributed by atoms with Crippen LogP contribution in [0.5, 0.6) is 0 Å².